The van der Waals surface area contributed by atoms with Crippen LogP contribution in [-0.4, -0.2) is 20.9 Å². The zero-order chi connectivity index (χ0) is 18.7. The van der Waals surface area contributed by atoms with Crippen LogP contribution in [0.2, 0.25) is 0 Å². The quantitative estimate of drug-likeness (QED) is 0.752. The lowest BCUT2D eigenvalue weighted by atomic mass is 10.1. The van der Waals surface area contributed by atoms with Crippen LogP contribution in [0.1, 0.15) is 41.4 Å². The molecule has 1 fully saturated rings. The first kappa shape index (κ1) is 19.0. The Balaban J connectivity index is 1.85. The van der Waals surface area contributed by atoms with Gasteiger partial charge in [0.15, 0.2) is 9.84 Å². The molecule has 1 aliphatic rings. The lowest BCUT2D eigenvalue weighted by molar-refractivity contribution is -0.124. The van der Waals surface area contributed by atoms with Crippen LogP contribution in [0.15, 0.2) is 40.6 Å². The van der Waals surface area contributed by atoms with Crippen LogP contribution >= 0.6 is 11.3 Å². The van der Waals surface area contributed by atoms with Gasteiger partial charge in [-0.15, -0.1) is 11.3 Å². The van der Waals surface area contributed by atoms with Gasteiger partial charge < -0.3 is 5.32 Å². The average Bonchev–Trinajstić information content (AvgIpc) is 3.30. The first-order valence-corrected chi connectivity index (χ1v) is 11.1. The number of halogens is 1. The molecule has 0 unspecified atom stereocenters. The molecule has 2 aromatic rings. The zero-order valence-electron chi connectivity index (χ0n) is 14.6. The summed E-state index contributed by atoms with van der Waals surface area (Å²) in [5.41, 5.74) is 0.283. The predicted octanol–water partition coefficient (Wildman–Crippen LogP) is 4.02. The Kier molecular flexibility index (Phi) is 5.77. The Hall–Kier alpha value is -1.73. The van der Waals surface area contributed by atoms with E-state index in [9.17, 15) is 17.6 Å². The summed E-state index contributed by atoms with van der Waals surface area (Å²) >= 11 is 1.34. The van der Waals surface area contributed by atoms with E-state index in [2.05, 4.69) is 5.32 Å². The summed E-state index contributed by atoms with van der Waals surface area (Å²) in [6, 6.07) is 7.36. The molecule has 140 valence electrons. The molecule has 0 saturated heterocycles. The van der Waals surface area contributed by atoms with Gasteiger partial charge in [-0.3, -0.25) is 4.79 Å². The summed E-state index contributed by atoms with van der Waals surface area (Å²) in [6.45, 7) is 1.56. The molecule has 26 heavy (non-hydrogen) atoms. The number of aryl methyl sites for hydroxylation is 1. The van der Waals surface area contributed by atoms with Crippen molar-refractivity contribution < 1.29 is 17.6 Å². The summed E-state index contributed by atoms with van der Waals surface area (Å²) in [7, 11) is -3.75. The van der Waals surface area contributed by atoms with Crippen molar-refractivity contribution in [3.05, 3.63) is 52.0 Å². The van der Waals surface area contributed by atoms with Crippen LogP contribution in [0.3, 0.4) is 0 Å². The highest BCUT2D eigenvalue weighted by Crippen LogP contribution is 2.32. The molecule has 1 aliphatic carbocycles. The Morgan fingerprint density at radius 3 is 2.65 bits per heavy atom. The molecule has 7 heteroatoms. The second-order valence-electron chi connectivity index (χ2n) is 6.69. The third kappa shape index (κ3) is 3.99. The van der Waals surface area contributed by atoms with Gasteiger partial charge in [-0.25, -0.2) is 12.8 Å². The van der Waals surface area contributed by atoms with Crippen LogP contribution in [0.4, 0.5) is 4.39 Å². The van der Waals surface area contributed by atoms with Gasteiger partial charge in [0.05, 0.1) is 4.90 Å². The van der Waals surface area contributed by atoms with Gasteiger partial charge in [0, 0.05) is 17.3 Å². The fourth-order valence-electron chi connectivity index (χ4n) is 3.32. The molecule has 1 atom stereocenters. The van der Waals surface area contributed by atoms with Crippen LogP contribution in [-0.2, 0) is 14.6 Å². The largest absolute Gasteiger partial charge is 0.354 e. The van der Waals surface area contributed by atoms with E-state index in [4.69, 9.17) is 0 Å². The molecular formula is C19H22FNO3S2. The third-order valence-corrected chi connectivity index (χ3v) is 8.10. The SMILES string of the molecule is Cc1cc(S(=O)(=O)[C@H](CNC(=O)C2CCCC2)c2cccs2)ccc1F. The van der Waals surface area contributed by atoms with Crippen LogP contribution in [0.5, 0.6) is 0 Å². The molecule has 3 rings (SSSR count). The standard InChI is InChI=1S/C19H22FNO3S2/c1-13-11-15(8-9-16(13)20)26(23,24)18(17-7-4-10-25-17)12-21-19(22)14-5-2-3-6-14/h4,7-11,14,18H,2-3,5-6,12H2,1H3,(H,21,22)/t18-/m1/s1. The van der Waals surface area contributed by atoms with Gasteiger partial charge in [-0.1, -0.05) is 18.9 Å². The van der Waals surface area contributed by atoms with Crippen molar-refractivity contribution in [1.82, 2.24) is 5.32 Å². The van der Waals surface area contributed by atoms with Crippen molar-refractivity contribution in [3.8, 4) is 0 Å². The Morgan fingerprint density at radius 2 is 2.04 bits per heavy atom. The third-order valence-electron chi connectivity index (χ3n) is 4.88. The van der Waals surface area contributed by atoms with Crippen molar-refractivity contribution in [2.24, 2.45) is 5.92 Å². The van der Waals surface area contributed by atoms with Gasteiger partial charge in [-0.05, 0) is 55.0 Å². The minimum atomic E-state index is -3.75. The number of amides is 1. The molecule has 1 saturated carbocycles. The highest BCUT2D eigenvalue weighted by atomic mass is 32.2. The fraction of sp³-hybridized carbons (Fsp3) is 0.421. The molecule has 0 bridgehead atoms. The number of sulfone groups is 1. The van der Waals surface area contributed by atoms with E-state index in [0.717, 1.165) is 25.7 Å². The van der Waals surface area contributed by atoms with Crippen molar-refractivity contribution in [2.45, 2.75) is 42.8 Å². The van der Waals surface area contributed by atoms with Gasteiger partial charge in [-0.2, -0.15) is 0 Å². The number of hydrogen-bond acceptors (Lipinski definition) is 4. The first-order chi connectivity index (χ1) is 12.4. The lowest BCUT2D eigenvalue weighted by Gasteiger charge is -2.19. The van der Waals surface area contributed by atoms with E-state index in [0.29, 0.717) is 4.88 Å². The van der Waals surface area contributed by atoms with Crippen molar-refractivity contribution >= 4 is 27.1 Å². The Labute approximate surface area is 157 Å². The molecule has 0 spiro atoms. The molecular weight excluding hydrogens is 373 g/mol. The molecule has 0 radical (unpaired) electrons. The summed E-state index contributed by atoms with van der Waals surface area (Å²) < 4.78 is 39.9. The van der Waals surface area contributed by atoms with E-state index >= 15 is 0 Å². The predicted molar refractivity (Wildman–Crippen MR) is 100 cm³/mol. The average molecular weight is 396 g/mol. The minimum Gasteiger partial charge on any atom is -0.354 e. The van der Waals surface area contributed by atoms with Gasteiger partial charge in [0.25, 0.3) is 0 Å². The van der Waals surface area contributed by atoms with Crippen LogP contribution in [0, 0.1) is 18.7 Å². The monoisotopic (exact) mass is 395 g/mol. The van der Waals surface area contributed by atoms with Crippen molar-refractivity contribution in [3.63, 3.8) is 0 Å². The van der Waals surface area contributed by atoms with E-state index in [1.165, 1.54) is 36.5 Å². The number of nitrogens with one attached hydrogen (secondary N) is 1. The molecule has 1 amide bonds. The number of benzene rings is 1. The van der Waals surface area contributed by atoms with E-state index in [-0.39, 0.29) is 28.8 Å². The summed E-state index contributed by atoms with van der Waals surface area (Å²) in [5, 5.41) is 3.76. The van der Waals surface area contributed by atoms with E-state index in [1.807, 2.05) is 5.38 Å². The molecule has 0 aliphatic heterocycles. The Morgan fingerprint density at radius 1 is 1.31 bits per heavy atom. The summed E-state index contributed by atoms with van der Waals surface area (Å²) in [5.74, 6) is -0.532. The molecule has 4 nitrogen and oxygen atoms in total. The highest BCUT2D eigenvalue weighted by Gasteiger charge is 2.32. The summed E-state index contributed by atoms with van der Waals surface area (Å²) in [4.78, 5) is 13.1. The van der Waals surface area contributed by atoms with Crippen molar-refractivity contribution in [1.29, 1.82) is 0 Å². The second-order valence-corrected chi connectivity index (χ2v) is 9.80. The topological polar surface area (TPSA) is 63.2 Å². The zero-order valence-corrected chi connectivity index (χ0v) is 16.2. The molecule has 1 N–H and O–H groups in total. The maximum absolute atomic E-state index is 13.5. The minimum absolute atomic E-state index is 0.0187. The number of rotatable bonds is 6. The van der Waals surface area contributed by atoms with E-state index in [1.54, 1.807) is 12.1 Å². The van der Waals surface area contributed by atoms with Crippen LogP contribution in [0.25, 0.3) is 0 Å². The lowest BCUT2D eigenvalue weighted by Crippen LogP contribution is -2.35. The number of thiophene rings is 1. The number of carbonyl (C=O) groups excluding carboxylic acids is 1. The van der Waals surface area contributed by atoms with E-state index < -0.39 is 20.9 Å². The number of hydrogen-bond donors (Lipinski definition) is 1. The molecule has 1 heterocycles. The highest BCUT2D eigenvalue weighted by molar-refractivity contribution is 7.91. The number of carbonyl (C=O) groups is 1. The maximum Gasteiger partial charge on any atom is 0.223 e. The second kappa shape index (κ2) is 7.88. The van der Waals surface area contributed by atoms with Crippen LogP contribution < -0.4 is 5.32 Å². The Bertz CT molecular complexity index is 872. The van der Waals surface area contributed by atoms with Gasteiger partial charge in [0.2, 0.25) is 5.91 Å². The smallest absolute Gasteiger partial charge is 0.223 e. The van der Waals surface area contributed by atoms with Gasteiger partial charge >= 0.3 is 0 Å². The molecule has 1 aromatic heterocycles. The fourth-order valence-corrected chi connectivity index (χ4v) is 6.19. The normalized spacial score (nSPS) is 16.5. The summed E-state index contributed by atoms with van der Waals surface area (Å²) in [6.07, 6.45) is 3.80. The van der Waals surface area contributed by atoms with Gasteiger partial charge in [0.1, 0.15) is 11.1 Å². The van der Waals surface area contributed by atoms with Crippen molar-refractivity contribution in [2.75, 3.05) is 6.54 Å². The molecule has 1 aromatic carbocycles. The maximum atomic E-state index is 13.5. The first-order valence-electron chi connectivity index (χ1n) is 8.71.